The van der Waals surface area contributed by atoms with Gasteiger partial charge in [-0.2, -0.15) is 0 Å². The van der Waals surface area contributed by atoms with Crippen LogP contribution in [0.25, 0.3) is 0 Å². The molecule has 2 N–H and O–H groups in total. The van der Waals surface area contributed by atoms with E-state index in [0.717, 1.165) is 12.8 Å². The molecule has 0 bridgehead atoms. The molecule has 4 nitrogen and oxygen atoms in total. The predicted octanol–water partition coefficient (Wildman–Crippen LogP) is 4.59. The number of hydrogen-bond donors (Lipinski definition) is 2. The molecule has 0 aromatic heterocycles. The second kappa shape index (κ2) is 6.99. The molecular formula is C14H14BrCl2NO3. The lowest BCUT2D eigenvalue weighted by molar-refractivity contribution is -0.147. The van der Waals surface area contributed by atoms with Crippen molar-refractivity contribution in [1.82, 2.24) is 0 Å². The fourth-order valence-electron chi connectivity index (χ4n) is 2.62. The van der Waals surface area contributed by atoms with Crippen molar-refractivity contribution in [1.29, 1.82) is 0 Å². The number of carboxylic acid groups (broad SMARTS) is 1. The van der Waals surface area contributed by atoms with Gasteiger partial charge in [-0.15, -0.1) is 0 Å². The van der Waals surface area contributed by atoms with Crippen molar-refractivity contribution in [3.63, 3.8) is 0 Å². The van der Waals surface area contributed by atoms with Crippen LogP contribution in [0, 0.1) is 11.8 Å². The smallest absolute Gasteiger partial charge is 0.307 e. The number of anilines is 1. The number of amides is 1. The summed E-state index contributed by atoms with van der Waals surface area (Å²) in [5.74, 6) is -2.46. The molecular weight excluding hydrogens is 381 g/mol. The molecule has 1 amide bonds. The second-order valence-corrected chi connectivity index (χ2v) is 6.80. The Morgan fingerprint density at radius 3 is 2.19 bits per heavy atom. The van der Waals surface area contributed by atoms with Crippen molar-refractivity contribution >= 4 is 56.7 Å². The van der Waals surface area contributed by atoms with E-state index in [1.807, 2.05) is 0 Å². The fraction of sp³-hybridized carbons (Fsp3) is 0.429. The Kier molecular flexibility index (Phi) is 5.52. The van der Waals surface area contributed by atoms with Gasteiger partial charge in [-0.3, -0.25) is 9.59 Å². The maximum atomic E-state index is 12.4. The van der Waals surface area contributed by atoms with Gasteiger partial charge in [0, 0.05) is 4.47 Å². The van der Waals surface area contributed by atoms with Crippen LogP contribution in [0.15, 0.2) is 16.6 Å². The van der Waals surface area contributed by atoms with E-state index >= 15 is 0 Å². The molecule has 2 atom stereocenters. The van der Waals surface area contributed by atoms with Crippen LogP contribution in [-0.4, -0.2) is 17.0 Å². The summed E-state index contributed by atoms with van der Waals surface area (Å²) in [6, 6.07) is 3.25. The summed E-state index contributed by atoms with van der Waals surface area (Å²) in [6.07, 6.45) is 2.77. The van der Waals surface area contributed by atoms with Gasteiger partial charge in [0.2, 0.25) is 5.91 Å². The Hall–Kier alpha value is -0.780. The van der Waals surface area contributed by atoms with Crippen LogP contribution < -0.4 is 5.32 Å². The Morgan fingerprint density at radius 1 is 1.14 bits per heavy atom. The molecule has 2 rings (SSSR count). The van der Waals surface area contributed by atoms with Gasteiger partial charge >= 0.3 is 5.97 Å². The first kappa shape index (κ1) is 16.6. The molecule has 7 heteroatoms. The highest BCUT2D eigenvalue weighted by molar-refractivity contribution is 9.10. The zero-order chi connectivity index (χ0) is 15.6. The zero-order valence-corrected chi connectivity index (χ0v) is 14.1. The van der Waals surface area contributed by atoms with E-state index in [1.54, 1.807) is 12.1 Å². The Balaban J connectivity index is 2.19. The van der Waals surface area contributed by atoms with E-state index in [4.69, 9.17) is 23.2 Å². The topological polar surface area (TPSA) is 66.4 Å². The van der Waals surface area contributed by atoms with Crippen molar-refractivity contribution in [2.75, 3.05) is 5.32 Å². The molecule has 114 valence electrons. The summed E-state index contributed by atoms with van der Waals surface area (Å²) >= 11 is 15.4. The van der Waals surface area contributed by atoms with Gasteiger partial charge in [-0.1, -0.05) is 52.0 Å². The molecule has 0 aliphatic heterocycles. The van der Waals surface area contributed by atoms with Gasteiger partial charge < -0.3 is 10.4 Å². The lowest BCUT2D eigenvalue weighted by Crippen LogP contribution is -2.36. The fourth-order valence-corrected chi connectivity index (χ4v) is 3.92. The van der Waals surface area contributed by atoms with Crippen LogP contribution in [0.2, 0.25) is 10.0 Å². The molecule has 0 radical (unpaired) electrons. The van der Waals surface area contributed by atoms with Crippen molar-refractivity contribution in [2.45, 2.75) is 25.7 Å². The van der Waals surface area contributed by atoms with E-state index in [2.05, 4.69) is 21.2 Å². The molecule has 1 aromatic rings. The first-order valence-electron chi connectivity index (χ1n) is 6.58. The highest BCUT2D eigenvalue weighted by Crippen LogP contribution is 2.36. The number of carbonyl (C=O) groups is 2. The third-order valence-electron chi connectivity index (χ3n) is 3.68. The van der Waals surface area contributed by atoms with Crippen molar-refractivity contribution in [3.8, 4) is 0 Å². The van der Waals surface area contributed by atoms with Crippen LogP contribution in [0.5, 0.6) is 0 Å². The van der Waals surface area contributed by atoms with Crippen LogP contribution >= 0.6 is 39.1 Å². The minimum absolute atomic E-state index is 0.311. The van der Waals surface area contributed by atoms with Crippen molar-refractivity contribution in [2.24, 2.45) is 11.8 Å². The Morgan fingerprint density at radius 2 is 1.67 bits per heavy atom. The number of rotatable bonds is 3. The van der Waals surface area contributed by atoms with E-state index in [9.17, 15) is 14.7 Å². The van der Waals surface area contributed by atoms with Gasteiger partial charge in [0.1, 0.15) is 0 Å². The Labute approximate surface area is 140 Å². The summed E-state index contributed by atoms with van der Waals surface area (Å²) in [7, 11) is 0. The molecule has 1 saturated carbocycles. The highest BCUT2D eigenvalue weighted by Gasteiger charge is 2.36. The summed E-state index contributed by atoms with van der Waals surface area (Å²) in [6.45, 7) is 0. The van der Waals surface area contributed by atoms with Gasteiger partial charge in [-0.05, 0) is 25.0 Å². The standard InChI is InChI=1S/C14H14BrCl2NO3/c15-7-5-10(16)12(11(17)6-7)18-13(19)8-3-1-2-4-9(8)14(20)21/h5-6,8-9H,1-4H2,(H,18,19)(H,20,21). The number of halogens is 3. The number of carbonyl (C=O) groups excluding carboxylic acids is 1. The van der Waals surface area contributed by atoms with Crippen LogP contribution in [0.3, 0.4) is 0 Å². The second-order valence-electron chi connectivity index (χ2n) is 5.07. The zero-order valence-electron chi connectivity index (χ0n) is 11.0. The van der Waals surface area contributed by atoms with E-state index in [-0.39, 0.29) is 5.91 Å². The summed E-state index contributed by atoms with van der Waals surface area (Å²) in [5.41, 5.74) is 0.321. The molecule has 1 fully saturated rings. The normalized spacial score (nSPS) is 21.9. The largest absolute Gasteiger partial charge is 0.481 e. The van der Waals surface area contributed by atoms with Crippen LogP contribution in [0.1, 0.15) is 25.7 Å². The van der Waals surface area contributed by atoms with Gasteiger partial charge in [0.05, 0.1) is 27.6 Å². The molecule has 0 saturated heterocycles. The third-order valence-corrected chi connectivity index (χ3v) is 4.73. The molecule has 21 heavy (non-hydrogen) atoms. The summed E-state index contributed by atoms with van der Waals surface area (Å²) < 4.78 is 0.705. The minimum Gasteiger partial charge on any atom is -0.481 e. The maximum Gasteiger partial charge on any atom is 0.307 e. The number of benzene rings is 1. The monoisotopic (exact) mass is 393 g/mol. The number of nitrogens with one attached hydrogen (secondary N) is 1. The van der Waals surface area contributed by atoms with Crippen molar-refractivity contribution in [3.05, 3.63) is 26.7 Å². The lowest BCUT2D eigenvalue weighted by Gasteiger charge is -2.27. The molecule has 1 aliphatic carbocycles. The van der Waals surface area contributed by atoms with E-state index in [0.29, 0.717) is 33.0 Å². The van der Waals surface area contributed by atoms with Crippen LogP contribution in [0.4, 0.5) is 5.69 Å². The minimum atomic E-state index is -0.928. The predicted molar refractivity (Wildman–Crippen MR) is 85.9 cm³/mol. The Bertz CT molecular complexity index is 556. The molecule has 2 unspecified atom stereocenters. The lowest BCUT2D eigenvalue weighted by atomic mass is 9.78. The van der Waals surface area contributed by atoms with Crippen molar-refractivity contribution < 1.29 is 14.7 Å². The first-order chi connectivity index (χ1) is 9.90. The average molecular weight is 395 g/mol. The first-order valence-corrected chi connectivity index (χ1v) is 8.13. The molecule has 1 aromatic carbocycles. The molecule has 0 heterocycles. The molecule has 1 aliphatic rings. The number of aliphatic carboxylic acids is 1. The summed E-state index contributed by atoms with van der Waals surface area (Å²) in [5, 5.41) is 12.5. The molecule has 0 spiro atoms. The summed E-state index contributed by atoms with van der Waals surface area (Å²) in [4.78, 5) is 23.6. The highest BCUT2D eigenvalue weighted by atomic mass is 79.9. The van der Waals surface area contributed by atoms with Gasteiger partial charge in [-0.25, -0.2) is 0 Å². The number of carboxylic acids is 1. The van der Waals surface area contributed by atoms with Gasteiger partial charge in [0.25, 0.3) is 0 Å². The quantitative estimate of drug-likeness (QED) is 0.787. The third kappa shape index (κ3) is 3.90. The van der Waals surface area contributed by atoms with E-state index < -0.39 is 17.8 Å². The SMILES string of the molecule is O=C(O)C1CCCCC1C(=O)Nc1c(Cl)cc(Br)cc1Cl. The average Bonchev–Trinajstić information content (AvgIpc) is 2.42. The van der Waals surface area contributed by atoms with Gasteiger partial charge in [0.15, 0.2) is 0 Å². The van der Waals surface area contributed by atoms with Crippen LogP contribution in [-0.2, 0) is 9.59 Å². The van der Waals surface area contributed by atoms with E-state index in [1.165, 1.54) is 0 Å². The maximum absolute atomic E-state index is 12.4. The number of hydrogen-bond acceptors (Lipinski definition) is 2.